The molecule has 0 aromatic heterocycles. The zero-order chi connectivity index (χ0) is 10.6. The normalized spacial score (nSPS) is 9.93. The number of ketones is 1. The Balaban J connectivity index is 3.07. The number of halogens is 1. The molecule has 0 amide bonds. The van der Waals surface area contributed by atoms with Gasteiger partial charge in [-0.15, -0.1) is 11.6 Å². The minimum atomic E-state index is 0.0283. The number of carbonyl (C=O) groups is 1. The second kappa shape index (κ2) is 5.01. The monoisotopic (exact) mass is 212 g/mol. The quantitative estimate of drug-likeness (QED) is 0.567. The Morgan fingerprint density at radius 2 is 2.21 bits per heavy atom. The molecule has 0 fully saturated rings. The van der Waals surface area contributed by atoms with Crippen LogP contribution in [0.2, 0.25) is 0 Å². The Kier molecular flexibility index (Phi) is 3.96. The van der Waals surface area contributed by atoms with Gasteiger partial charge >= 0.3 is 0 Å². The minimum absolute atomic E-state index is 0.0283. The van der Waals surface area contributed by atoms with Crippen molar-refractivity contribution in [3.63, 3.8) is 0 Å². The minimum Gasteiger partial charge on any atom is -0.496 e. The van der Waals surface area contributed by atoms with Crippen molar-refractivity contribution in [2.75, 3.05) is 13.0 Å². The number of hydrogen-bond donors (Lipinski definition) is 0. The molecule has 0 spiro atoms. The fourth-order valence-corrected chi connectivity index (χ4v) is 1.54. The van der Waals surface area contributed by atoms with Crippen LogP contribution in [0.1, 0.15) is 22.3 Å². The third-order valence-corrected chi connectivity index (χ3v) is 2.23. The van der Waals surface area contributed by atoms with Crippen molar-refractivity contribution >= 4 is 17.4 Å². The van der Waals surface area contributed by atoms with E-state index < -0.39 is 0 Å². The van der Waals surface area contributed by atoms with Crippen molar-refractivity contribution in [1.82, 2.24) is 0 Å². The number of rotatable bonds is 4. The molecule has 0 atom stereocenters. The molecule has 1 aromatic carbocycles. The summed E-state index contributed by atoms with van der Waals surface area (Å²) in [7, 11) is 1.57. The predicted molar refractivity (Wildman–Crippen MR) is 57.4 cm³/mol. The van der Waals surface area contributed by atoms with Crippen molar-refractivity contribution in [1.29, 1.82) is 0 Å². The van der Waals surface area contributed by atoms with E-state index in [1.54, 1.807) is 13.2 Å². The van der Waals surface area contributed by atoms with Crippen molar-refractivity contribution in [3.05, 3.63) is 29.3 Å². The van der Waals surface area contributed by atoms with Gasteiger partial charge in [-0.3, -0.25) is 4.79 Å². The van der Waals surface area contributed by atoms with Gasteiger partial charge < -0.3 is 4.74 Å². The molecule has 0 radical (unpaired) electrons. The van der Waals surface area contributed by atoms with E-state index in [4.69, 9.17) is 16.3 Å². The standard InChI is InChI=1S/C11H13ClO2/c1-8-4-3-5-9(11(8)14-2)10(13)6-7-12/h3-5H,6-7H2,1-2H3. The SMILES string of the molecule is COc1c(C)cccc1C(=O)CCCl. The average molecular weight is 213 g/mol. The van der Waals surface area contributed by atoms with E-state index in [9.17, 15) is 4.79 Å². The zero-order valence-corrected chi connectivity index (χ0v) is 9.10. The molecule has 0 unspecified atom stereocenters. The summed E-state index contributed by atoms with van der Waals surface area (Å²) in [4.78, 5) is 11.6. The van der Waals surface area contributed by atoms with Crippen LogP contribution in [0.15, 0.2) is 18.2 Å². The number of methoxy groups -OCH3 is 1. The Labute approximate surface area is 88.8 Å². The number of para-hydroxylation sites is 1. The van der Waals surface area contributed by atoms with Gasteiger partial charge in [-0.05, 0) is 18.6 Å². The summed E-state index contributed by atoms with van der Waals surface area (Å²) in [6.45, 7) is 1.91. The summed E-state index contributed by atoms with van der Waals surface area (Å²) in [5.74, 6) is 1.03. The summed E-state index contributed by atoms with van der Waals surface area (Å²) < 4.78 is 5.18. The fourth-order valence-electron chi connectivity index (χ4n) is 1.36. The molecule has 0 bridgehead atoms. The number of hydrogen-bond acceptors (Lipinski definition) is 2. The van der Waals surface area contributed by atoms with E-state index in [-0.39, 0.29) is 5.78 Å². The molecule has 0 saturated heterocycles. The lowest BCUT2D eigenvalue weighted by atomic mass is 10.0. The van der Waals surface area contributed by atoms with Crippen LogP contribution in [0, 0.1) is 6.92 Å². The lowest BCUT2D eigenvalue weighted by Gasteiger charge is -2.09. The van der Waals surface area contributed by atoms with Crippen LogP contribution in [-0.4, -0.2) is 18.8 Å². The van der Waals surface area contributed by atoms with Crippen LogP contribution >= 0.6 is 11.6 Å². The molecule has 0 heterocycles. The highest BCUT2D eigenvalue weighted by Gasteiger charge is 2.12. The van der Waals surface area contributed by atoms with Gasteiger partial charge in [0.2, 0.25) is 0 Å². The molecule has 1 aromatic rings. The van der Waals surface area contributed by atoms with Gasteiger partial charge in [0, 0.05) is 12.3 Å². The van der Waals surface area contributed by atoms with Crippen LogP contribution < -0.4 is 4.74 Å². The number of alkyl halides is 1. The zero-order valence-electron chi connectivity index (χ0n) is 8.34. The molecule has 0 saturated carbocycles. The molecule has 3 heteroatoms. The molecule has 0 aliphatic carbocycles. The Hall–Kier alpha value is -1.02. The van der Waals surface area contributed by atoms with E-state index in [0.717, 1.165) is 5.56 Å². The Morgan fingerprint density at radius 1 is 1.50 bits per heavy atom. The molecule has 14 heavy (non-hydrogen) atoms. The molecular formula is C11H13ClO2. The number of carbonyl (C=O) groups excluding carboxylic acids is 1. The van der Waals surface area contributed by atoms with E-state index in [1.807, 2.05) is 19.1 Å². The maximum absolute atomic E-state index is 11.6. The first kappa shape index (κ1) is 11.1. The molecule has 0 N–H and O–H groups in total. The van der Waals surface area contributed by atoms with Gasteiger partial charge in [0.05, 0.1) is 12.7 Å². The molecule has 1 rings (SSSR count). The number of aryl methyl sites for hydroxylation is 1. The summed E-state index contributed by atoms with van der Waals surface area (Å²) in [5, 5.41) is 0. The maximum Gasteiger partial charge on any atom is 0.167 e. The third-order valence-electron chi connectivity index (χ3n) is 2.04. The van der Waals surface area contributed by atoms with Gasteiger partial charge in [-0.2, -0.15) is 0 Å². The highest BCUT2D eigenvalue weighted by molar-refractivity contribution is 6.19. The van der Waals surface area contributed by atoms with Gasteiger partial charge in [0.25, 0.3) is 0 Å². The van der Waals surface area contributed by atoms with Crippen molar-refractivity contribution in [3.8, 4) is 5.75 Å². The van der Waals surface area contributed by atoms with Crippen molar-refractivity contribution in [2.24, 2.45) is 0 Å². The lowest BCUT2D eigenvalue weighted by Crippen LogP contribution is -2.03. The first-order valence-electron chi connectivity index (χ1n) is 4.43. The summed E-state index contributed by atoms with van der Waals surface area (Å²) in [6, 6.07) is 5.52. The van der Waals surface area contributed by atoms with E-state index in [1.165, 1.54) is 0 Å². The van der Waals surface area contributed by atoms with Crippen LogP contribution in [0.25, 0.3) is 0 Å². The van der Waals surface area contributed by atoms with E-state index in [2.05, 4.69) is 0 Å². The third kappa shape index (κ3) is 2.26. The smallest absolute Gasteiger partial charge is 0.167 e. The Morgan fingerprint density at radius 3 is 2.79 bits per heavy atom. The maximum atomic E-state index is 11.6. The molecule has 2 nitrogen and oxygen atoms in total. The lowest BCUT2D eigenvalue weighted by molar-refractivity contribution is 0.0986. The molecule has 0 aliphatic rings. The number of ether oxygens (including phenoxy) is 1. The van der Waals surface area contributed by atoms with Gasteiger partial charge in [0.1, 0.15) is 5.75 Å². The van der Waals surface area contributed by atoms with Crippen molar-refractivity contribution in [2.45, 2.75) is 13.3 Å². The summed E-state index contributed by atoms with van der Waals surface area (Å²) in [5.41, 5.74) is 1.58. The highest BCUT2D eigenvalue weighted by Crippen LogP contribution is 2.24. The van der Waals surface area contributed by atoms with Gasteiger partial charge in [0.15, 0.2) is 5.78 Å². The number of benzene rings is 1. The first-order valence-corrected chi connectivity index (χ1v) is 4.97. The van der Waals surface area contributed by atoms with Crippen LogP contribution in [0.5, 0.6) is 5.75 Å². The molecular weight excluding hydrogens is 200 g/mol. The molecule has 76 valence electrons. The predicted octanol–water partition coefficient (Wildman–Crippen LogP) is 2.82. The average Bonchev–Trinajstić information content (AvgIpc) is 2.17. The summed E-state index contributed by atoms with van der Waals surface area (Å²) in [6.07, 6.45) is 0.349. The van der Waals surface area contributed by atoms with Crippen molar-refractivity contribution < 1.29 is 9.53 Å². The van der Waals surface area contributed by atoms with Gasteiger partial charge in [-0.25, -0.2) is 0 Å². The second-order valence-electron chi connectivity index (χ2n) is 3.02. The molecule has 0 aliphatic heterocycles. The largest absolute Gasteiger partial charge is 0.496 e. The van der Waals surface area contributed by atoms with Crippen LogP contribution in [0.4, 0.5) is 0 Å². The van der Waals surface area contributed by atoms with E-state index in [0.29, 0.717) is 23.6 Å². The van der Waals surface area contributed by atoms with E-state index >= 15 is 0 Å². The first-order chi connectivity index (χ1) is 6.70. The van der Waals surface area contributed by atoms with Gasteiger partial charge in [-0.1, -0.05) is 12.1 Å². The van der Waals surface area contributed by atoms with Crippen LogP contribution in [0.3, 0.4) is 0 Å². The highest BCUT2D eigenvalue weighted by atomic mass is 35.5. The topological polar surface area (TPSA) is 26.3 Å². The summed E-state index contributed by atoms with van der Waals surface area (Å²) >= 11 is 5.52. The Bertz CT molecular complexity index is 334. The number of Topliss-reactive ketones (excluding diaryl/α,β-unsaturated/α-hetero) is 1. The fraction of sp³-hybridized carbons (Fsp3) is 0.364. The second-order valence-corrected chi connectivity index (χ2v) is 3.40. The van der Waals surface area contributed by atoms with Crippen LogP contribution in [-0.2, 0) is 0 Å².